The number of carbonyl (C=O) groups excluding carboxylic acids is 1. The van der Waals surface area contributed by atoms with Crippen molar-refractivity contribution in [1.82, 2.24) is 4.90 Å². The minimum atomic E-state index is 0.181. The van der Waals surface area contributed by atoms with E-state index < -0.39 is 0 Å². The van der Waals surface area contributed by atoms with Crippen LogP contribution in [0.1, 0.15) is 53.4 Å². The average Bonchev–Trinajstić information content (AvgIpc) is 2.93. The molecule has 0 unspecified atom stereocenters. The predicted molar refractivity (Wildman–Crippen MR) is 98.8 cm³/mol. The molecule has 2 aromatic rings. The third-order valence-electron chi connectivity index (χ3n) is 4.49. The molecule has 0 N–H and O–H groups in total. The van der Waals surface area contributed by atoms with Crippen molar-refractivity contribution in [3.63, 3.8) is 0 Å². The van der Waals surface area contributed by atoms with E-state index in [2.05, 4.69) is 19.1 Å². The van der Waals surface area contributed by atoms with Crippen LogP contribution in [0.5, 0.6) is 5.75 Å². The summed E-state index contributed by atoms with van der Waals surface area (Å²) in [5, 5.41) is 2.03. The van der Waals surface area contributed by atoms with Gasteiger partial charge in [-0.05, 0) is 48.4 Å². The lowest BCUT2D eigenvalue weighted by molar-refractivity contribution is 0.0766. The van der Waals surface area contributed by atoms with E-state index in [1.165, 1.54) is 29.7 Å². The van der Waals surface area contributed by atoms with Gasteiger partial charge in [-0.15, -0.1) is 11.3 Å². The molecule has 0 aliphatic carbocycles. The van der Waals surface area contributed by atoms with Gasteiger partial charge < -0.3 is 9.64 Å². The summed E-state index contributed by atoms with van der Waals surface area (Å²) < 4.78 is 5.83. The van der Waals surface area contributed by atoms with Crippen molar-refractivity contribution < 1.29 is 9.53 Å². The summed E-state index contributed by atoms with van der Waals surface area (Å²) in [5.41, 5.74) is 2.38. The summed E-state index contributed by atoms with van der Waals surface area (Å²) in [4.78, 5) is 15.4. The number of aryl methyl sites for hydroxylation is 1. The number of carbonyl (C=O) groups is 1. The topological polar surface area (TPSA) is 29.5 Å². The van der Waals surface area contributed by atoms with Crippen LogP contribution in [-0.4, -0.2) is 23.9 Å². The van der Waals surface area contributed by atoms with E-state index in [9.17, 15) is 4.79 Å². The van der Waals surface area contributed by atoms with E-state index in [1.807, 2.05) is 28.5 Å². The fourth-order valence-corrected chi connectivity index (χ4v) is 3.84. The van der Waals surface area contributed by atoms with Gasteiger partial charge >= 0.3 is 0 Å². The van der Waals surface area contributed by atoms with Gasteiger partial charge in [0.15, 0.2) is 0 Å². The number of likely N-dealkylation sites (tertiary alicyclic amines) is 1. The van der Waals surface area contributed by atoms with Crippen molar-refractivity contribution in [2.45, 2.75) is 45.6 Å². The molecule has 0 radical (unpaired) electrons. The van der Waals surface area contributed by atoms with Gasteiger partial charge in [-0.2, -0.15) is 0 Å². The van der Waals surface area contributed by atoms with Crippen molar-refractivity contribution in [1.29, 1.82) is 0 Å². The first-order valence-electron chi connectivity index (χ1n) is 8.84. The Balaban J connectivity index is 1.57. The summed E-state index contributed by atoms with van der Waals surface area (Å²) in [7, 11) is 0. The van der Waals surface area contributed by atoms with E-state index in [0.29, 0.717) is 6.61 Å². The molecule has 0 bridgehead atoms. The molecule has 0 spiro atoms. The Bertz CT molecular complexity index is 655. The number of nitrogens with zero attached hydrogens (tertiary/aromatic N) is 1. The monoisotopic (exact) mass is 343 g/mol. The second-order valence-corrected chi connectivity index (χ2v) is 7.22. The normalized spacial score (nSPS) is 15.1. The molecule has 3 rings (SSSR count). The maximum Gasteiger partial charge on any atom is 0.263 e. The number of hydrogen-bond donors (Lipinski definition) is 0. The van der Waals surface area contributed by atoms with Crippen molar-refractivity contribution in [2.24, 2.45) is 0 Å². The summed E-state index contributed by atoms with van der Waals surface area (Å²) in [5.74, 6) is 1.05. The number of hydrogen-bond acceptors (Lipinski definition) is 3. The van der Waals surface area contributed by atoms with Gasteiger partial charge in [-0.25, -0.2) is 0 Å². The van der Waals surface area contributed by atoms with Gasteiger partial charge in [0.05, 0.1) is 4.88 Å². The lowest BCUT2D eigenvalue weighted by atomic mass is 10.2. The minimum absolute atomic E-state index is 0.181. The molecule has 1 aliphatic rings. The zero-order chi connectivity index (χ0) is 16.8. The highest BCUT2D eigenvalue weighted by molar-refractivity contribution is 7.12. The molecule has 4 heteroatoms. The van der Waals surface area contributed by atoms with E-state index in [0.717, 1.165) is 48.5 Å². The van der Waals surface area contributed by atoms with Gasteiger partial charge in [0.1, 0.15) is 12.4 Å². The highest BCUT2D eigenvalue weighted by Gasteiger charge is 2.18. The fourth-order valence-electron chi connectivity index (χ4n) is 2.98. The number of thiophene rings is 1. The van der Waals surface area contributed by atoms with Gasteiger partial charge in [-0.1, -0.05) is 31.9 Å². The molecule has 1 fully saturated rings. The Kier molecular flexibility index (Phi) is 5.91. The highest BCUT2D eigenvalue weighted by Crippen LogP contribution is 2.21. The maximum atomic E-state index is 12.6. The van der Waals surface area contributed by atoms with E-state index >= 15 is 0 Å². The zero-order valence-corrected chi connectivity index (χ0v) is 15.1. The van der Waals surface area contributed by atoms with E-state index in [-0.39, 0.29) is 5.91 Å². The molecular formula is C20H25NO2S. The molecular weight excluding hydrogens is 318 g/mol. The van der Waals surface area contributed by atoms with Crippen molar-refractivity contribution in [3.05, 3.63) is 51.7 Å². The third kappa shape index (κ3) is 4.38. The first-order valence-corrected chi connectivity index (χ1v) is 9.72. The van der Waals surface area contributed by atoms with Gasteiger partial charge in [0, 0.05) is 18.7 Å². The Morgan fingerprint density at radius 1 is 1.08 bits per heavy atom. The predicted octanol–water partition coefficient (Wildman–Crippen LogP) is 4.91. The maximum absolute atomic E-state index is 12.6. The lowest BCUT2D eigenvalue weighted by Crippen LogP contribution is -2.31. The second kappa shape index (κ2) is 8.34. The molecule has 1 aromatic heterocycles. The Labute approximate surface area is 148 Å². The summed E-state index contributed by atoms with van der Waals surface area (Å²) >= 11 is 1.53. The SMILES string of the molecule is CCc1ccc(OCc2csc(C(=O)N3CCCCCC3)c2)cc1. The molecule has 2 heterocycles. The Hall–Kier alpha value is -1.81. The van der Waals surface area contributed by atoms with Crippen LogP contribution < -0.4 is 4.74 Å². The van der Waals surface area contributed by atoms with Crippen LogP contribution in [0.25, 0.3) is 0 Å². The highest BCUT2D eigenvalue weighted by atomic mass is 32.1. The van der Waals surface area contributed by atoms with Crippen LogP contribution in [0.15, 0.2) is 35.7 Å². The molecule has 1 saturated heterocycles. The van der Waals surface area contributed by atoms with Crippen LogP contribution in [0, 0.1) is 0 Å². The van der Waals surface area contributed by atoms with Crippen LogP contribution in [0.3, 0.4) is 0 Å². The largest absolute Gasteiger partial charge is 0.489 e. The van der Waals surface area contributed by atoms with E-state index in [1.54, 1.807) is 0 Å². The number of amides is 1. The molecule has 1 amide bonds. The van der Waals surface area contributed by atoms with Crippen molar-refractivity contribution in [3.8, 4) is 5.75 Å². The molecule has 0 saturated carbocycles. The van der Waals surface area contributed by atoms with Gasteiger partial charge in [-0.3, -0.25) is 4.79 Å². The minimum Gasteiger partial charge on any atom is -0.489 e. The summed E-state index contributed by atoms with van der Waals surface area (Å²) in [6.45, 7) is 4.44. The second-order valence-electron chi connectivity index (χ2n) is 6.31. The zero-order valence-electron chi connectivity index (χ0n) is 14.3. The number of rotatable bonds is 5. The van der Waals surface area contributed by atoms with Gasteiger partial charge in [0.2, 0.25) is 0 Å². The summed E-state index contributed by atoms with van der Waals surface area (Å²) in [6.07, 6.45) is 5.77. The van der Waals surface area contributed by atoms with Crippen LogP contribution in [0.4, 0.5) is 0 Å². The van der Waals surface area contributed by atoms with Crippen LogP contribution >= 0.6 is 11.3 Å². The first kappa shape index (κ1) is 17.0. The van der Waals surface area contributed by atoms with Gasteiger partial charge in [0.25, 0.3) is 5.91 Å². The average molecular weight is 343 g/mol. The molecule has 128 valence electrons. The molecule has 24 heavy (non-hydrogen) atoms. The number of benzene rings is 1. The van der Waals surface area contributed by atoms with Crippen LogP contribution in [-0.2, 0) is 13.0 Å². The first-order chi connectivity index (χ1) is 11.8. The quantitative estimate of drug-likeness (QED) is 0.772. The van der Waals surface area contributed by atoms with E-state index in [4.69, 9.17) is 4.74 Å². The number of ether oxygens (including phenoxy) is 1. The molecule has 1 aromatic carbocycles. The van der Waals surface area contributed by atoms with Crippen molar-refractivity contribution >= 4 is 17.2 Å². The molecule has 3 nitrogen and oxygen atoms in total. The Morgan fingerprint density at radius 3 is 2.46 bits per heavy atom. The Morgan fingerprint density at radius 2 is 1.79 bits per heavy atom. The summed E-state index contributed by atoms with van der Waals surface area (Å²) in [6, 6.07) is 10.2. The van der Waals surface area contributed by atoms with Crippen molar-refractivity contribution in [2.75, 3.05) is 13.1 Å². The molecule has 1 aliphatic heterocycles. The molecule has 0 atom stereocenters. The smallest absolute Gasteiger partial charge is 0.263 e. The lowest BCUT2D eigenvalue weighted by Gasteiger charge is -2.19. The standard InChI is InChI=1S/C20H25NO2S/c1-2-16-7-9-18(10-8-16)23-14-17-13-19(24-15-17)20(22)21-11-5-3-4-6-12-21/h7-10,13,15H,2-6,11-12,14H2,1H3. The third-order valence-corrected chi connectivity index (χ3v) is 5.46. The van der Waals surface area contributed by atoms with Crippen LogP contribution in [0.2, 0.25) is 0 Å². The fraction of sp³-hybridized carbons (Fsp3) is 0.450.